The number of piperazine rings is 1. The Morgan fingerprint density at radius 1 is 1.02 bits per heavy atom. The van der Waals surface area contributed by atoms with Gasteiger partial charge in [0, 0.05) is 54.4 Å². The van der Waals surface area contributed by atoms with E-state index in [1.807, 2.05) is 54.8 Å². The van der Waals surface area contributed by atoms with E-state index < -0.39 is 0 Å². The number of anilines is 2. The highest BCUT2D eigenvalue weighted by atomic mass is 32.1. The molecule has 0 aliphatic carbocycles. The molecule has 1 aliphatic rings. The smallest absolute Gasteiger partial charge is 0.229 e. The summed E-state index contributed by atoms with van der Waals surface area (Å²) in [6, 6.07) is 23.3. The monoisotopic (exact) mass is 565 g/mol. The van der Waals surface area contributed by atoms with Gasteiger partial charge < -0.3 is 10.2 Å². The van der Waals surface area contributed by atoms with Gasteiger partial charge in [-0.05, 0) is 77.5 Å². The zero-order valence-electron chi connectivity index (χ0n) is 22.9. The molecule has 1 fully saturated rings. The molecule has 1 amide bonds. The van der Waals surface area contributed by atoms with Crippen LogP contribution in [-0.2, 0) is 17.8 Å². The van der Waals surface area contributed by atoms with Crippen molar-refractivity contribution in [3.8, 4) is 0 Å². The molecule has 208 valence electrons. The van der Waals surface area contributed by atoms with E-state index >= 15 is 0 Å². The predicted molar refractivity (Wildman–Crippen MR) is 167 cm³/mol. The molecule has 2 N–H and O–H groups in total. The third-order valence-electron chi connectivity index (χ3n) is 7.48. The van der Waals surface area contributed by atoms with Crippen LogP contribution in [0.4, 0.5) is 15.8 Å². The first-order valence-electron chi connectivity index (χ1n) is 13.8. The van der Waals surface area contributed by atoms with Crippen LogP contribution < -0.4 is 10.2 Å². The van der Waals surface area contributed by atoms with Gasteiger partial charge in [-0.25, -0.2) is 4.39 Å². The summed E-state index contributed by atoms with van der Waals surface area (Å²) in [5.41, 5.74) is 7.01. The minimum atomic E-state index is -0.199. The number of nitrogens with one attached hydrogen (secondary N) is 2. The standard InChI is InChI=1S/C33H32FN5OS/c1-23-18-32-29(21-31(23)35-33(40)20-28-6-3-17-41-28)30(36-37-32)12-7-24-4-2-5-25(19-24)22-38-13-15-39(16-14-38)27-10-8-26(34)9-11-27/h2-12,17-19,21H,13-16,20,22H2,1H3,(H,35,40)(H,36,37)/b12-7+. The fraction of sp³-hybridized carbons (Fsp3) is 0.212. The van der Waals surface area contributed by atoms with E-state index in [0.717, 1.165) is 76.7 Å². The number of hydrogen-bond donors (Lipinski definition) is 2. The number of fused-ring (bicyclic) bond motifs is 1. The molecule has 6 nitrogen and oxygen atoms in total. The molecule has 2 aromatic heterocycles. The van der Waals surface area contributed by atoms with E-state index in [0.29, 0.717) is 6.42 Å². The van der Waals surface area contributed by atoms with Crippen LogP contribution in [0.25, 0.3) is 23.1 Å². The van der Waals surface area contributed by atoms with Crippen LogP contribution in [0.3, 0.4) is 0 Å². The van der Waals surface area contributed by atoms with Gasteiger partial charge in [0.25, 0.3) is 0 Å². The number of carbonyl (C=O) groups excluding carboxylic acids is 1. The average molecular weight is 566 g/mol. The third-order valence-corrected chi connectivity index (χ3v) is 8.36. The first-order chi connectivity index (χ1) is 20.0. The quantitative estimate of drug-likeness (QED) is 0.219. The molecule has 0 atom stereocenters. The summed E-state index contributed by atoms with van der Waals surface area (Å²) in [5.74, 6) is -0.222. The van der Waals surface area contributed by atoms with Gasteiger partial charge in [0.15, 0.2) is 0 Å². The lowest BCUT2D eigenvalue weighted by molar-refractivity contribution is -0.115. The minimum Gasteiger partial charge on any atom is -0.369 e. The molecule has 5 aromatic rings. The fourth-order valence-corrected chi connectivity index (χ4v) is 5.97. The molecule has 6 rings (SSSR count). The fourth-order valence-electron chi connectivity index (χ4n) is 5.27. The third kappa shape index (κ3) is 6.56. The van der Waals surface area contributed by atoms with Crippen LogP contribution in [0.5, 0.6) is 0 Å². The van der Waals surface area contributed by atoms with E-state index in [4.69, 9.17) is 0 Å². The molecular formula is C33H32FN5OS. The maximum atomic E-state index is 13.3. The lowest BCUT2D eigenvalue weighted by Crippen LogP contribution is -2.45. The van der Waals surface area contributed by atoms with Gasteiger partial charge in [0.2, 0.25) is 5.91 Å². The number of amides is 1. The maximum Gasteiger partial charge on any atom is 0.229 e. The summed E-state index contributed by atoms with van der Waals surface area (Å²) in [6.07, 6.45) is 4.47. The van der Waals surface area contributed by atoms with Crippen molar-refractivity contribution in [2.75, 3.05) is 36.4 Å². The first kappa shape index (κ1) is 26.9. The Bertz CT molecular complexity index is 1670. The first-order valence-corrected chi connectivity index (χ1v) is 14.7. The van der Waals surface area contributed by atoms with Crippen molar-refractivity contribution in [2.45, 2.75) is 19.9 Å². The predicted octanol–water partition coefficient (Wildman–Crippen LogP) is 6.75. The molecule has 1 aliphatic heterocycles. The lowest BCUT2D eigenvalue weighted by atomic mass is 10.1. The summed E-state index contributed by atoms with van der Waals surface area (Å²) < 4.78 is 13.3. The molecule has 41 heavy (non-hydrogen) atoms. The highest BCUT2D eigenvalue weighted by Crippen LogP contribution is 2.26. The van der Waals surface area contributed by atoms with Gasteiger partial charge in [-0.3, -0.25) is 14.8 Å². The summed E-state index contributed by atoms with van der Waals surface area (Å²) in [6.45, 7) is 6.65. The minimum absolute atomic E-state index is 0.0239. The molecule has 0 spiro atoms. The number of aromatic nitrogens is 2. The Morgan fingerprint density at radius 3 is 2.63 bits per heavy atom. The van der Waals surface area contributed by atoms with Gasteiger partial charge in [-0.1, -0.05) is 36.4 Å². The van der Waals surface area contributed by atoms with E-state index in [2.05, 4.69) is 55.7 Å². The van der Waals surface area contributed by atoms with Crippen LogP contribution >= 0.6 is 11.3 Å². The molecule has 8 heteroatoms. The van der Waals surface area contributed by atoms with Gasteiger partial charge in [0.1, 0.15) is 5.82 Å². The number of thiophene rings is 1. The number of aromatic amines is 1. The lowest BCUT2D eigenvalue weighted by Gasteiger charge is -2.36. The van der Waals surface area contributed by atoms with E-state index in [9.17, 15) is 9.18 Å². The summed E-state index contributed by atoms with van der Waals surface area (Å²) in [5, 5.41) is 13.7. The highest BCUT2D eigenvalue weighted by molar-refractivity contribution is 7.10. The molecule has 1 saturated heterocycles. The molecule has 0 unspecified atom stereocenters. The largest absolute Gasteiger partial charge is 0.369 e. The van der Waals surface area contributed by atoms with Crippen molar-refractivity contribution >= 4 is 51.7 Å². The number of carbonyl (C=O) groups is 1. The SMILES string of the molecule is Cc1cc2[nH]nc(/C=C/c3cccc(CN4CCN(c5ccc(F)cc5)CC4)c3)c2cc1NC(=O)Cc1cccs1. The van der Waals surface area contributed by atoms with Gasteiger partial charge >= 0.3 is 0 Å². The number of rotatable bonds is 8. The summed E-state index contributed by atoms with van der Waals surface area (Å²) >= 11 is 1.59. The Labute approximate surface area is 243 Å². The van der Waals surface area contributed by atoms with Crippen molar-refractivity contribution in [3.63, 3.8) is 0 Å². The van der Waals surface area contributed by atoms with Gasteiger partial charge in [0.05, 0.1) is 17.6 Å². The van der Waals surface area contributed by atoms with Gasteiger partial charge in [-0.2, -0.15) is 5.10 Å². The van der Waals surface area contributed by atoms with Crippen molar-refractivity contribution in [2.24, 2.45) is 0 Å². The van der Waals surface area contributed by atoms with Crippen molar-refractivity contribution < 1.29 is 9.18 Å². The number of halogens is 1. The Balaban J connectivity index is 1.10. The van der Waals surface area contributed by atoms with Crippen molar-refractivity contribution in [1.29, 1.82) is 0 Å². The van der Waals surface area contributed by atoms with Gasteiger partial charge in [-0.15, -0.1) is 11.3 Å². The number of hydrogen-bond acceptors (Lipinski definition) is 5. The zero-order chi connectivity index (χ0) is 28.2. The number of H-pyrrole nitrogens is 1. The van der Waals surface area contributed by atoms with Crippen molar-refractivity contribution in [3.05, 3.63) is 111 Å². The Kier molecular flexibility index (Phi) is 7.93. The molecule has 0 bridgehead atoms. The van der Waals surface area contributed by atoms with Crippen molar-refractivity contribution in [1.82, 2.24) is 15.1 Å². The molecule has 0 saturated carbocycles. The molecule has 3 aromatic carbocycles. The number of nitrogens with zero attached hydrogens (tertiary/aromatic N) is 3. The average Bonchev–Trinajstić information content (AvgIpc) is 3.63. The Hall–Kier alpha value is -4.27. The second-order valence-corrected chi connectivity index (χ2v) is 11.5. The number of benzene rings is 3. The van der Waals surface area contributed by atoms with Crippen LogP contribution in [0, 0.1) is 12.7 Å². The summed E-state index contributed by atoms with van der Waals surface area (Å²) in [4.78, 5) is 18.4. The summed E-state index contributed by atoms with van der Waals surface area (Å²) in [7, 11) is 0. The van der Waals surface area contributed by atoms with Crippen LogP contribution in [0.1, 0.15) is 27.3 Å². The molecule has 0 radical (unpaired) electrons. The van der Waals surface area contributed by atoms with Crippen LogP contribution in [0.15, 0.2) is 78.2 Å². The van der Waals surface area contributed by atoms with E-state index in [1.165, 1.54) is 17.7 Å². The van der Waals surface area contributed by atoms with E-state index in [-0.39, 0.29) is 11.7 Å². The molecule has 3 heterocycles. The topological polar surface area (TPSA) is 64.3 Å². The number of aryl methyl sites for hydroxylation is 1. The van der Waals surface area contributed by atoms with E-state index in [1.54, 1.807) is 11.3 Å². The molecular weight excluding hydrogens is 533 g/mol. The zero-order valence-corrected chi connectivity index (χ0v) is 23.8. The van der Waals surface area contributed by atoms with Crippen LogP contribution in [-0.4, -0.2) is 47.2 Å². The second kappa shape index (κ2) is 12.1. The van der Waals surface area contributed by atoms with Crippen LogP contribution in [0.2, 0.25) is 0 Å². The maximum absolute atomic E-state index is 13.3. The second-order valence-electron chi connectivity index (χ2n) is 10.4. The highest BCUT2D eigenvalue weighted by Gasteiger charge is 2.17. The Morgan fingerprint density at radius 2 is 1.85 bits per heavy atom. The normalized spacial score (nSPS) is 14.2.